The fraction of sp³-hybridized carbons (Fsp3) is 0.800. The average Bonchev–Trinajstić information content (AvgIpc) is 1.69. The molecule has 0 amide bonds. The van der Waals surface area contributed by atoms with E-state index in [-0.39, 0.29) is 36.2 Å². The SMILES string of the molecule is OC[CH]CCCBr.[NaH]. The van der Waals surface area contributed by atoms with E-state index >= 15 is 0 Å². The van der Waals surface area contributed by atoms with Gasteiger partial charge in [0.15, 0.2) is 0 Å². The van der Waals surface area contributed by atoms with E-state index in [0.717, 1.165) is 18.2 Å². The van der Waals surface area contributed by atoms with E-state index < -0.39 is 0 Å². The van der Waals surface area contributed by atoms with Crippen LogP contribution in [0.3, 0.4) is 0 Å². The number of alkyl halides is 1. The summed E-state index contributed by atoms with van der Waals surface area (Å²) >= 11 is 3.28. The number of hydrogen-bond acceptors (Lipinski definition) is 1. The van der Waals surface area contributed by atoms with Gasteiger partial charge in [0.25, 0.3) is 0 Å². The van der Waals surface area contributed by atoms with Gasteiger partial charge in [-0.3, -0.25) is 0 Å². The maximum absolute atomic E-state index is 8.22. The summed E-state index contributed by atoms with van der Waals surface area (Å²) in [4.78, 5) is 0. The standard InChI is InChI=1S/C5H10BrO.Na.H/c6-4-2-1-3-5-7;;/h3,7H,1-2,4-5H2;;. The van der Waals surface area contributed by atoms with E-state index in [1.807, 2.05) is 6.42 Å². The summed E-state index contributed by atoms with van der Waals surface area (Å²) in [5.74, 6) is 0. The van der Waals surface area contributed by atoms with Crippen LogP contribution in [0.1, 0.15) is 12.8 Å². The molecule has 0 bridgehead atoms. The molecule has 1 radical (unpaired) electrons. The van der Waals surface area contributed by atoms with Crippen molar-refractivity contribution in [3.63, 3.8) is 0 Å². The van der Waals surface area contributed by atoms with Crippen LogP contribution in [0.25, 0.3) is 0 Å². The summed E-state index contributed by atoms with van der Waals surface area (Å²) < 4.78 is 0. The molecule has 0 spiro atoms. The molecule has 0 fully saturated rings. The molecular weight excluding hydrogens is 179 g/mol. The summed E-state index contributed by atoms with van der Waals surface area (Å²) in [6.07, 6.45) is 4.00. The maximum atomic E-state index is 8.22. The predicted molar refractivity (Wildman–Crippen MR) is 41.6 cm³/mol. The van der Waals surface area contributed by atoms with E-state index in [4.69, 9.17) is 5.11 Å². The van der Waals surface area contributed by atoms with Gasteiger partial charge in [-0.05, 0) is 19.3 Å². The van der Waals surface area contributed by atoms with Gasteiger partial charge in [0.1, 0.15) is 0 Å². The third-order valence-corrected chi connectivity index (χ3v) is 1.23. The quantitative estimate of drug-likeness (QED) is 0.393. The van der Waals surface area contributed by atoms with Crippen LogP contribution in [0.5, 0.6) is 0 Å². The van der Waals surface area contributed by atoms with Crippen molar-refractivity contribution in [3.05, 3.63) is 6.42 Å². The first kappa shape index (κ1) is 12.1. The number of aliphatic hydroxyl groups is 1. The van der Waals surface area contributed by atoms with Crippen molar-refractivity contribution in [3.8, 4) is 0 Å². The predicted octanol–water partition coefficient (Wildman–Crippen LogP) is 0.710. The third-order valence-electron chi connectivity index (χ3n) is 0.671. The Balaban J connectivity index is 0. The van der Waals surface area contributed by atoms with Crippen molar-refractivity contribution in [1.29, 1.82) is 0 Å². The second-order valence-electron chi connectivity index (χ2n) is 1.30. The minimum absolute atomic E-state index is 0. The molecule has 0 saturated carbocycles. The normalized spacial score (nSPS) is 8.25. The van der Waals surface area contributed by atoms with Crippen LogP contribution in [0, 0.1) is 6.42 Å². The van der Waals surface area contributed by atoms with Gasteiger partial charge in [0, 0.05) is 11.9 Å². The van der Waals surface area contributed by atoms with Gasteiger partial charge in [-0.1, -0.05) is 15.9 Å². The molecule has 0 aliphatic heterocycles. The van der Waals surface area contributed by atoms with Crippen LogP contribution < -0.4 is 0 Å². The second kappa shape index (κ2) is 11.3. The molecule has 3 heteroatoms. The summed E-state index contributed by atoms with van der Waals surface area (Å²) in [6.45, 7) is 0.215. The van der Waals surface area contributed by atoms with Crippen LogP contribution in [-0.2, 0) is 0 Å². The van der Waals surface area contributed by atoms with Gasteiger partial charge in [0.2, 0.25) is 0 Å². The van der Waals surface area contributed by atoms with Crippen molar-refractivity contribution in [2.45, 2.75) is 12.8 Å². The summed E-state index contributed by atoms with van der Waals surface area (Å²) in [7, 11) is 0. The zero-order chi connectivity index (χ0) is 5.54. The first-order valence-electron chi connectivity index (χ1n) is 2.40. The monoisotopic (exact) mass is 189 g/mol. The first-order chi connectivity index (χ1) is 3.41. The Bertz CT molecular complexity index is 31.6. The Morgan fingerprint density at radius 3 is 2.50 bits per heavy atom. The molecule has 0 aromatic carbocycles. The van der Waals surface area contributed by atoms with Gasteiger partial charge in [-0.15, -0.1) is 0 Å². The van der Waals surface area contributed by atoms with Gasteiger partial charge >= 0.3 is 29.6 Å². The Morgan fingerprint density at radius 2 is 2.12 bits per heavy atom. The van der Waals surface area contributed by atoms with Crippen molar-refractivity contribution < 1.29 is 5.11 Å². The molecule has 0 aromatic heterocycles. The fourth-order valence-electron chi connectivity index (χ4n) is 0.313. The third kappa shape index (κ3) is 10.4. The Labute approximate surface area is 81.3 Å². The van der Waals surface area contributed by atoms with Gasteiger partial charge in [0.05, 0.1) is 0 Å². The van der Waals surface area contributed by atoms with Gasteiger partial charge in [-0.2, -0.15) is 0 Å². The molecule has 0 aliphatic carbocycles. The van der Waals surface area contributed by atoms with Gasteiger partial charge < -0.3 is 5.11 Å². The summed E-state index contributed by atoms with van der Waals surface area (Å²) in [6, 6.07) is 0. The molecule has 0 heterocycles. The first-order valence-corrected chi connectivity index (χ1v) is 3.52. The minimum atomic E-state index is 0. The zero-order valence-corrected chi connectivity index (χ0v) is 5.82. The van der Waals surface area contributed by atoms with E-state index in [1.54, 1.807) is 0 Å². The van der Waals surface area contributed by atoms with E-state index in [9.17, 15) is 0 Å². The van der Waals surface area contributed by atoms with Crippen LogP contribution in [0.2, 0.25) is 0 Å². The van der Waals surface area contributed by atoms with Crippen molar-refractivity contribution in [2.75, 3.05) is 11.9 Å². The van der Waals surface area contributed by atoms with E-state index in [1.165, 1.54) is 0 Å². The second-order valence-corrected chi connectivity index (χ2v) is 2.10. The van der Waals surface area contributed by atoms with Gasteiger partial charge in [-0.25, -0.2) is 0 Å². The Kier molecular flexibility index (Phi) is 17.1. The molecule has 45 valence electrons. The molecule has 8 heavy (non-hydrogen) atoms. The van der Waals surface area contributed by atoms with Crippen LogP contribution >= 0.6 is 15.9 Å². The van der Waals surface area contributed by atoms with Crippen molar-refractivity contribution in [1.82, 2.24) is 0 Å². The molecule has 0 rings (SSSR count). The molecule has 0 atom stereocenters. The molecule has 0 aliphatic rings. The molecular formula is C5H11BrNaO. The molecule has 0 aromatic rings. The number of unbranched alkanes of at least 4 members (excludes halogenated alkanes) is 2. The number of rotatable bonds is 4. The Morgan fingerprint density at radius 1 is 1.50 bits per heavy atom. The van der Waals surface area contributed by atoms with Crippen molar-refractivity contribution in [2.24, 2.45) is 0 Å². The van der Waals surface area contributed by atoms with E-state index in [0.29, 0.717) is 0 Å². The Hall–Kier alpha value is 1.44. The number of halogens is 1. The van der Waals surface area contributed by atoms with Crippen LogP contribution in [-0.4, -0.2) is 46.6 Å². The molecule has 1 N–H and O–H groups in total. The number of aliphatic hydroxyl groups excluding tert-OH is 1. The molecule has 0 unspecified atom stereocenters. The van der Waals surface area contributed by atoms with Crippen LogP contribution in [0.15, 0.2) is 0 Å². The summed E-state index contributed by atoms with van der Waals surface area (Å²) in [5.41, 5.74) is 0. The van der Waals surface area contributed by atoms with E-state index in [2.05, 4.69) is 15.9 Å². The molecule has 1 nitrogen and oxygen atoms in total. The topological polar surface area (TPSA) is 20.2 Å². The number of hydrogen-bond donors (Lipinski definition) is 1. The average molecular weight is 190 g/mol. The van der Waals surface area contributed by atoms with Crippen LogP contribution in [0.4, 0.5) is 0 Å². The zero-order valence-electron chi connectivity index (χ0n) is 4.23. The van der Waals surface area contributed by atoms with Crippen molar-refractivity contribution >= 4 is 45.5 Å². The fourth-order valence-corrected chi connectivity index (χ4v) is 0.637. The summed E-state index contributed by atoms with van der Waals surface area (Å²) in [5, 5.41) is 9.25. The molecule has 0 saturated heterocycles.